The summed E-state index contributed by atoms with van der Waals surface area (Å²) in [4.78, 5) is 0. The summed E-state index contributed by atoms with van der Waals surface area (Å²) in [6.45, 7) is 3.21. The molecule has 0 heterocycles. The van der Waals surface area contributed by atoms with Crippen molar-refractivity contribution in [3.63, 3.8) is 0 Å². The third-order valence-corrected chi connectivity index (χ3v) is 1.50. The second-order valence-electron chi connectivity index (χ2n) is 2.30. The zero-order valence-electron chi connectivity index (χ0n) is 7.26. The Morgan fingerprint density at radius 1 is 1.38 bits per heavy atom. The molecule has 1 aromatic carbocycles. The summed E-state index contributed by atoms with van der Waals surface area (Å²) >= 11 is 0. The minimum absolute atomic E-state index is 0. The molecule has 0 aliphatic heterocycles. The van der Waals surface area contributed by atoms with Crippen molar-refractivity contribution < 1.29 is 32.7 Å². The van der Waals surface area contributed by atoms with Crippen LogP contribution in [0.2, 0.25) is 0 Å². The van der Waals surface area contributed by atoms with E-state index in [-0.39, 0.29) is 24.4 Å². The smallest absolute Gasteiger partial charge is 0.845 e. The van der Waals surface area contributed by atoms with Gasteiger partial charge in [-0.3, -0.25) is 0 Å². The van der Waals surface area contributed by atoms with Crippen molar-refractivity contribution in [2.24, 2.45) is 0 Å². The molecule has 0 spiro atoms. The van der Waals surface area contributed by atoms with Gasteiger partial charge in [-0.25, -0.2) is 8.78 Å². The van der Waals surface area contributed by atoms with Gasteiger partial charge >= 0.3 is 18.9 Å². The molecule has 1 unspecified atom stereocenters. The van der Waals surface area contributed by atoms with Crippen LogP contribution < -0.4 is 24.0 Å². The minimum Gasteiger partial charge on any atom is -0.845 e. The Hall–Kier alpha value is -0.623. The summed E-state index contributed by atoms with van der Waals surface area (Å²) in [6, 6.07) is 3.51. The van der Waals surface area contributed by atoms with E-state index in [1.807, 2.05) is 0 Å². The van der Waals surface area contributed by atoms with Gasteiger partial charge in [0.2, 0.25) is 0 Å². The summed E-state index contributed by atoms with van der Waals surface area (Å²) in [6.07, 6.45) is -0.376. The van der Waals surface area contributed by atoms with E-state index >= 15 is 0 Å². The van der Waals surface area contributed by atoms with Crippen LogP contribution in [0, 0.1) is 11.6 Å². The van der Waals surface area contributed by atoms with Gasteiger partial charge < -0.3 is 5.11 Å². The number of rotatable bonds is 2. The monoisotopic (exact) mass is 176 g/mol. The van der Waals surface area contributed by atoms with Gasteiger partial charge in [0.1, 0.15) is 0 Å². The summed E-state index contributed by atoms with van der Waals surface area (Å²) in [5.41, 5.74) is -0.204. The van der Waals surface area contributed by atoms with E-state index in [0.717, 1.165) is 12.1 Å². The van der Waals surface area contributed by atoms with Crippen LogP contribution in [0.1, 0.15) is 11.7 Å². The van der Waals surface area contributed by atoms with E-state index in [0.29, 0.717) is 0 Å². The van der Waals surface area contributed by atoms with Gasteiger partial charge in [-0.15, -0.1) is 12.7 Å². The van der Waals surface area contributed by atoms with E-state index in [1.165, 1.54) is 12.1 Å². The molecule has 1 atom stereocenters. The molecule has 0 aromatic heterocycles. The van der Waals surface area contributed by atoms with Crippen LogP contribution in [0.5, 0.6) is 0 Å². The Morgan fingerprint density at radius 3 is 2.54 bits per heavy atom. The van der Waals surface area contributed by atoms with Crippen molar-refractivity contribution in [1.29, 1.82) is 0 Å². The molecule has 0 aliphatic rings. The molecular formula is C9H7F2LiO. The molecule has 1 nitrogen and oxygen atoms in total. The molecule has 13 heavy (non-hydrogen) atoms. The SMILES string of the molecule is C=CC([O-])c1cccc(F)c1F.[Li+]. The maximum Gasteiger partial charge on any atom is 1.00 e. The standard InChI is InChI=1S/C9H7F2O.Li/c1-2-8(12)6-4-3-5-7(10)9(6)11;/h2-5,8H,1H2;/q-1;+1. The molecule has 1 aromatic rings. The van der Waals surface area contributed by atoms with Crippen LogP contribution in [0.25, 0.3) is 0 Å². The molecule has 0 saturated carbocycles. The van der Waals surface area contributed by atoms with Gasteiger partial charge in [0.25, 0.3) is 0 Å². The van der Waals surface area contributed by atoms with Crippen molar-refractivity contribution in [1.82, 2.24) is 0 Å². The van der Waals surface area contributed by atoms with Gasteiger partial charge in [0.15, 0.2) is 11.6 Å². The first-order chi connectivity index (χ1) is 5.66. The molecule has 0 bridgehead atoms. The maximum absolute atomic E-state index is 12.8. The third-order valence-electron chi connectivity index (χ3n) is 1.50. The molecule has 0 saturated heterocycles. The van der Waals surface area contributed by atoms with Crippen molar-refractivity contribution in [2.75, 3.05) is 0 Å². The van der Waals surface area contributed by atoms with Crippen molar-refractivity contribution in [2.45, 2.75) is 6.10 Å². The fourth-order valence-corrected chi connectivity index (χ4v) is 0.867. The molecule has 0 amide bonds. The zero-order valence-corrected chi connectivity index (χ0v) is 7.26. The van der Waals surface area contributed by atoms with Crippen LogP contribution >= 0.6 is 0 Å². The topological polar surface area (TPSA) is 23.1 Å². The van der Waals surface area contributed by atoms with Gasteiger partial charge in [0.05, 0.1) is 0 Å². The first kappa shape index (κ1) is 12.4. The summed E-state index contributed by atoms with van der Waals surface area (Å²) in [5.74, 6) is -2.09. The summed E-state index contributed by atoms with van der Waals surface area (Å²) < 4.78 is 25.3. The molecule has 64 valence electrons. The number of halogens is 2. The Bertz CT molecular complexity index is 302. The molecule has 1 rings (SSSR count). The first-order valence-electron chi connectivity index (χ1n) is 3.39. The van der Waals surface area contributed by atoms with Crippen molar-refractivity contribution in [3.8, 4) is 0 Å². The number of hydrogen-bond acceptors (Lipinski definition) is 1. The predicted octanol–water partition coefficient (Wildman–Crippen LogP) is -1.44. The first-order valence-corrected chi connectivity index (χ1v) is 3.39. The molecule has 0 N–H and O–H groups in total. The van der Waals surface area contributed by atoms with E-state index < -0.39 is 17.7 Å². The largest absolute Gasteiger partial charge is 1.00 e. The van der Waals surface area contributed by atoms with Gasteiger partial charge in [-0.05, 0) is 11.6 Å². The van der Waals surface area contributed by atoms with Crippen molar-refractivity contribution in [3.05, 3.63) is 48.1 Å². The predicted molar refractivity (Wildman–Crippen MR) is 39.3 cm³/mol. The Balaban J connectivity index is 0.00000144. The average molecular weight is 176 g/mol. The molecule has 0 fully saturated rings. The molecule has 4 heteroatoms. The molecule has 0 radical (unpaired) electrons. The van der Waals surface area contributed by atoms with Gasteiger partial charge in [0, 0.05) is 0 Å². The van der Waals surface area contributed by atoms with Crippen LogP contribution in [-0.4, -0.2) is 0 Å². The average Bonchev–Trinajstić information content (AvgIpc) is 2.08. The molecular weight excluding hydrogens is 169 g/mol. The van der Waals surface area contributed by atoms with Crippen molar-refractivity contribution >= 4 is 0 Å². The second kappa shape index (κ2) is 5.18. The second-order valence-corrected chi connectivity index (χ2v) is 2.30. The minimum atomic E-state index is -1.40. The fourth-order valence-electron chi connectivity index (χ4n) is 0.867. The number of benzene rings is 1. The normalized spacial score (nSPS) is 11.6. The fraction of sp³-hybridized carbons (Fsp3) is 0.111. The van der Waals surface area contributed by atoms with E-state index in [9.17, 15) is 13.9 Å². The van der Waals surface area contributed by atoms with E-state index in [2.05, 4.69) is 6.58 Å². The Morgan fingerprint density at radius 2 is 2.00 bits per heavy atom. The van der Waals surface area contributed by atoms with Crippen LogP contribution in [-0.2, 0) is 0 Å². The van der Waals surface area contributed by atoms with E-state index in [1.54, 1.807) is 0 Å². The van der Waals surface area contributed by atoms with Gasteiger partial charge in [-0.1, -0.05) is 18.2 Å². The Labute approximate surface area is 87.3 Å². The van der Waals surface area contributed by atoms with Crippen LogP contribution in [0.3, 0.4) is 0 Å². The third kappa shape index (κ3) is 2.66. The summed E-state index contributed by atoms with van der Waals surface area (Å²) in [7, 11) is 0. The van der Waals surface area contributed by atoms with Crippen LogP contribution in [0.4, 0.5) is 8.78 Å². The molecule has 0 aliphatic carbocycles. The Kier molecular flexibility index (Phi) is 4.93. The summed E-state index contributed by atoms with van der Waals surface area (Å²) in [5, 5.41) is 10.9. The number of hydrogen-bond donors (Lipinski definition) is 0. The zero-order chi connectivity index (χ0) is 9.14. The quantitative estimate of drug-likeness (QED) is 0.399. The maximum atomic E-state index is 12.8. The van der Waals surface area contributed by atoms with Gasteiger partial charge in [-0.2, -0.15) is 0 Å². The van der Waals surface area contributed by atoms with Crippen LogP contribution in [0.15, 0.2) is 30.9 Å². The van der Waals surface area contributed by atoms with E-state index in [4.69, 9.17) is 0 Å².